The molecule has 0 spiro atoms. The van der Waals surface area contributed by atoms with E-state index in [-0.39, 0.29) is 0 Å². The molecule has 40 heavy (non-hydrogen) atoms. The van der Waals surface area contributed by atoms with Gasteiger partial charge in [-0.3, -0.25) is 0 Å². The molecule has 0 unspecified atom stereocenters. The minimum atomic E-state index is -3.15. The smallest absolute Gasteiger partial charge is 0.200 e. The van der Waals surface area contributed by atoms with Gasteiger partial charge < -0.3 is 0 Å². The van der Waals surface area contributed by atoms with Crippen LogP contribution in [0.4, 0.5) is 0 Å². The van der Waals surface area contributed by atoms with E-state index >= 15 is 0 Å². The highest BCUT2D eigenvalue weighted by molar-refractivity contribution is 8.96. The van der Waals surface area contributed by atoms with Gasteiger partial charge in [0.25, 0.3) is 5.91 Å². The van der Waals surface area contributed by atoms with Crippen molar-refractivity contribution in [1.29, 1.82) is 0 Å². The monoisotopic (exact) mass is 777 g/mol. The van der Waals surface area contributed by atoms with Crippen molar-refractivity contribution >= 4 is 132 Å². The van der Waals surface area contributed by atoms with Crippen LogP contribution in [0.2, 0.25) is 20.1 Å². The second-order valence-electron chi connectivity index (χ2n) is 7.89. The summed E-state index contributed by atoms with van der Waals surface area (Å²) < 4.78 is 15.6. The molecule has 1 heterocycles. The van der Waals surface area contributed by atoms with Crippen molar-refractivity contribution in [3.8, 4) is 0 Å². The SMILES string of the molecule is Clc1ccc(SP2(Sc3ccc(Cl)cc3)=NP(Cl)(Cl)=NP(Sc3ccc(Cl)cc3)(Sc3ccc(Cl)cc3)=N2)cc1. The minimum Gasteiger partial charge on any atom is -0.200 e. The fraction of sp³-hybridized carbons (Fsp3) is 0. The molecule has 16 heteroatoms. The zero-order valence-electron chi connectivity index (χ0n) is 19.8. The van der Waals surface area contributed by atoms with Gasteiger partial charge in [-0.15, -0.1) is 0 Å². The molecule has 1 aliphatic rings. The molecule has 0 saturated carbocycles. The van der Waals surface area contributed by atoms with Crippen LogP contribution in [0.25, 0.3) is 0 Å². The topological polar surface area (TPSA) is 37.1 Å². The maximum absolute atomic E-state index is 7.01. The summed E-state index contributed by atoms with van der Waals surface area (Å²) in [5.74, 6) is -3.15. The highest BCUT2D eigenvalue weighted by Gasteiger charge is 2.39. The molecule has 0 bridgehead atoms. The van der Waals surface area contributed by atoms with E-state index in [1.54, 1.807) is 45.5 Å². The van der Waals surface area contributed by atoms with E-state index in [4.69, 9.17) is 82.4 Å². The van der Waals surface area contributed by atoms with E-state index in [0.717, 1.165) is 19.6 Å². The largest absolute Gasteiger partial charge is 0.256 e. The number of rotatable bonds is 8. The van der Waals surface area contributed by atoms with E-state index in [9.17, 15) is 0 Å². The zero-order chi connectivity index (χ0) is 28.4. The van der Waals surface area contributed by atoms with Gasteiger partial charge >= 0.3 is 0 Å². The van der Waals surface area contributed by atoms with Crippen molar-refractivity contribution in [1.82, 2.24) is 0 Å². The molecule has 208 valence electrons. The van der Waals surface area contributed by atoms with Crippen molar-refractivity contribution in [3.63, 3.8) is 0 Å². The summed E-state index contributed by atoms with van der Waals surface area (Å²) in [4.78, 5) is 3.81. The lowest BCUT2D eigenvalue weighted by Gasteiger charge is -2.30. The standard InChI is InChI=1S/C24H16Cl6N3P3S4/c25-17-1-9-21(10-2-17)37-35(38-22-11-3-18(26)4-12-22)31-34(29,30)32-36(33-35,39-23-13-5-19(27)6-14-23)40-24-15-7-20(28)8-16-24/h1-16H. The third kappa shape index (κ3) is 8.89. The molecule has 0 atom stereocenters. The average Bonchev–Trinajstić information content (AvgIpc) is 2.89. The molecule has 0 N–H and O–H groups in total. The van der Waals surface area contributed by atoms with Crippen molar-refractivity contribution in [3.05, 3.63) is 117 Å². The Morgan fingerprint density at radius 3 is 0.900 bits per heavy atom. The number of benzene rings is 4. The molecule has 4 aromatic rings. The van der Waals surface area contributed by atoms with E-state index in [2.05, 4.69) is 0 Å². The van der Waals surface area contributed by atoms with Gasteiger partial charge in [0.05, 0.1) is 0 Å². The lowest BCUT2D eigenvalue weighted by Crippen LogP contribution is -1.81. The highest BCUT2D eigenvalue weighted by Crippen LogP contribution is 2.96. The van der Waals surface area contributed by atoms with Gasteiger partial charge in [0.1, 0.15) is 0 Å². The first-order valence-electron chi connectivity index (χ1n) is 11.1. The Labute approximate surface area is 279 Å². The molecule has 5 rings (SSSR count). The first kappa shape index (κ1) is 32.1. The summed E-state index contributed by atoms with van der Waals surface area (Å²) in [6.45, 7) is 0. The third-order valence-electron chi connectivity index (χ3n) is 4.82. The molecule has 0 fully saturated rings. The van der Waals surface area contributed by atoms with Crippen molar-refractivity contribution in [2.24, 2.45) is 13.5 Å². The Kier molecular flexibility index (Phi) is 11.1. The summed E-state index contributed by atoms with van der Waals surface area (Å²) >= 11 is 45.0. The third-order valence-corrected chi connectivity index (χ3v) is 29.8. The fourth-order valence-corrected chi connectivity index (χ4v) is 38.8. The van der Waals surface area contributed by atoms with E-state index in [1.165, 1.54) is 0 Å². The predicted molar refractivity (Wildman–Crippen MR) is 189 cm³/mol. The van der Waals surface area contributed by atoms with Gasteiger partial charge in [-0.05, 0) is 165 Å². The Morgan fingerprint density at radius 1 is 0.375 bits per heavy atom. The average molecular weight is 780 g/mol. The Balaban J connectivity index is 1.72. The van der Waals surface area contributed by atoms with Crippen LogP contribution in [0.1, 0.15) is 0 Å². The second-order valence-corrected chi connectivity index (χ2v) is 30.3. The molecular weight excluding hydrogens is 764 g/mol. The molecule has 1 aliphatic heterocycles. The van der Waals surface area contributed by atoms with Crippen LogP contribution in [0.3, 0.4) is 0 Å². The van der Waals surface area contributed by atoms with Crippen LogP contribution in [-0.2, 0) is 0 Å². The van der Waals surface area contributed by atoms with Crippen molar-refractivity contribution < 1.29 is 0 Å². The first-order valence-corrected chi connectivity index (χ1v) is 25.2. The van der Waals surface area contributed by atoms with Crippen LogP contribution in [0.5, 0.6) is 0 Å². The predicted octanol–water partition coefficient (Wildman–Crippen LogP) is 16.1. The van der Waals surface area contributed by atoms with Crippen LogP contribution < -0.4 is 0 Å². The van der Waals surface area contributed by atoms with Crippen LogP contribution in [-0.4, -0.2) is 0 Å². The Morgan fingerprint density at radius 2 is 0.625 bits per heavy atom. The minimum absolute atomic E-state index is 0.643. The summed E-state index contributed by atoms with van der Waals surface area (Å²) in [6, 6.07) is 30.4. The lowest BCUT2D eigenvalue weighted by atomic mass is 10.4. The number of hydrogen-bond acceptors (Lipinski definition) is 7. The maximum atomic E-state index is 7.01. The molecule has 4 aromatic carbocycles. The van der Waals surface area contributed by atoms with Crippen LogP contribution in [0, 0.1) is 0 Å². The van der Waals surface area contributed by atoms with Gasteiger partial charge in [0.2, 0.25) is 11.2 Å². The number of hydrogen-bond donors (Lipinski definition) is 0. The summed E-state index contributed by atoms with van der Waals surface area (Å²) in [6.07, 6.45) is 0. The van der Waals surface area contributed by atoms with Gasteiger partial charge in [0.15, 0.2) is 0 Å². The normalized spacial score (nSPS) is 16.9. The quantitative estimate of drug-likeness (QED) is 0.167. The summed E-state index contributed by atoms with van der Waals surface area (Å²) in [7, 11) is 0. The summed E-state index contributed by atoms with van der Waals surface area (Å²) in [5, 5.41) is 2.57. The molecular formula is C24H16Cl6N3P3S4. The van der Waals surface area contributed by atoms with Gasteiger partial charge in [0, 0.05) is 39.7 Å². The molecule has 0 radical (unpaired) electrons. The maximum Gasteiger partial charge on any atom is 0.256 e. The first-order chi connectivity index (χ1) is 19.0. The molecule has 0 aromatic heterocycles. The fourth-order valence-electron chi connectivity index (χ4n) is 3.18. The molecule has 0 aliphatic carbocycles. The molecule has 0 saturated heterocycles. The van der Waals surface area contributed by atoms with E-state index < -0.39 is 17.1 Å². The Bertz CT molecular complexity index is 1480. The van der Waals surface area contributed by atoms with Gasteiger partial charge in [-0.25, -0.2) is 4.52 Å². The number of nitrogens with zero attached hydrogens (tertiary/aromatic N) is 3. The molecule has 3 nitrogen and oxygen atoms in total. The zero-order valence-corrected chi connectivity index (χ0v) is 30.3. The number of halogens is 6. The van der Waals surface area contributed by atoms with Crippen molar-refractivity contribution in [2.75, 3.05) is 0 Å². The lowest BCUT2D eigenvalue weighted by molar-refractivity contribution is 1.47. The highest BCUT2D eigenvalue weighted by atomic mass is 35.9. The second kappa shape index (κ2) is 13.8. The van der Waals surface area contributed by atoms with E-state index in [0.29, 0.717) is 20.1 Å². The Hall–Kier alpha value is 0.710. The van der Waals surface area contributed by atoms with Crippen LogP contribution >= 0.6 is 132 Å². The van der Waals surface area contributed by atoms with Gasteiger partial charge in [-0.1, -0.05) is 46.4 Å². The summed E-state index contributed by atoms with van der Waals surface area (Å²) in [5.41, 5.74) is -5.51. The van der Waals surface area contributed by atoms with Crippen molar-refractivity contribution in [2.45, 2.75) is 19.6 Å². The van der Waals surface area contributed by atoms with Crippen LogP contribution in [0.15, 0.2) is 130 Å². The van der Waals surface area contributed by atoms with E-state index in [1.807, 2.05) is 97.1 Å². The van der Waals surface area contributed by atoms with Gasteiger partial charge in [-0.2, -0.15) is 9.03 Å². The molecule has 0 amide bonds.